The molecule has 0 aromatic rings. The van der Waals surface area contributed by atoms with Crippen molar-refractivity contribution in [2.45, 2.75) is 71.0 Å². The highest BCUT2D eigenvalue weighted by atomic mass is 16.5. The SMILES string of the molecule is CCOC(C)(CC)C(O)CC1CCCC1. The number of aliphatic hydroxyl groups excluding tert-OH is 1. The van der Waals surface area contributed by atoms with Crippen LogP contribution in [0.4, 0.5) is 0 Å². The van der Waals surface area contributed by atoms with Crippen molar-refractivity contribution in [3.05, 3.63) is 0 Å². The fourth-order valence-electron chi connectivity index (χ4n) is 2.57. The van der Waals surface area contributed by atoms with Gasteiger partial charge in [-0.05, 0) is 32.6 Å². The summed E-state index contributed by atoms with van der Waals surface area (Å²) in [6.45, 7) is 6.81. The summed E-state index contributed by atoms with van der Waals surface area (Å²) in [5.74, 6) is 0.728. The Balaban J connectivity index is 2.44. The zero-order valence-electron chi connectivity index (χ0n) is 10.5. The molecule has 0 saturated heterocycles. The molecule has 0 radical (unpaired) electrons. The summed E-state index contributed by atoms with van der Waals surface area (Å²) in [6, 6.07) is 0. The van der Waals surface area contributed by atoms with Crippen LogP contribution in [0.3, 0.4) is 0 Å². The van der Waals surface area contributed by atoms with Crippen LogP contribution in [0.25, 0.3) is 0 Å². The van der Waals surface area contributed by atoms with E-state index in [0.29, 0.717) is 6.61 Å². The van der Waals surface area contributed by atoms with Crippen molar-refractivity contribution in [3.63, 3.8) is 0 Å². The molecule has 0 amide bonds. The van der Waals surface area contributed by atoms with Crippen LogP contribution in [0.5, 0.6) is 0 Å². The van der Waals surface area contributed by atoms with E-state index in [4.69, 9.17) is 4.74 Å². The number of ether oxygens (including phenoxy) is 1. The lowest BCUT2D eigenvalue weighted by Gasteiger charge is -2.34. The Morgan fingerprint density at radius 3 is 2.40 bits per heavy atom. The molecule has 1 saturated carbocycles. The van der Waals surface area contributed by atoms with Crippen molar-refractivity contribution in [1.29, 1.82) is 0 Å². The van der Waals surface area contributed by atoms with Crippen molar-refractivity contribution >= 4 is 0 Å². The van der Waals surface area contributed by atoms with Crippen molar-refractivity contribution in [2.75, 3.05) is 6.61 Å². The van der Waals surface area contributed by atoms with Gasteiger partial charge in [-0.1, -0.05) is 32.6 Å². The molecule has 15 heavy (non-hydrogen) atoms. The first-order valence-electron chi connectivity index (χ1n) is 6.44. The molecular weight excluding hydrogens is 188 g/mol. The van der Waals surface area contributed by atoms with Crippen LogP contribution in [0.1, 0.15) is 59.3 Å². The van der Waals surface area contributed by atoms with Gasteiger partial charge < -0.3 is 9.84 Å². The van der Waals surface area contributed by atoms with Gasteiger partial charge in [-0.25, -0.2) is 0 Å². The number of hydrogen-bond donors (Lipinski definition) is 1. The van der Waals surface area contributed by atoms with Gasteiger partial charge in [0, 0.05) is 6.61 Å². The minimum Gasteiger partial charge on any atom is -0.390 e. The first-order valence-corrected chi connectivity index (χ1v) is 6.44. The van der Waals surface area contributed by atoms with Crippen LogP contribution in [0.2, 0.25) is 0 Å². The molecule has 1 rings (SSSR count). The number of aliphatic hydroxyl groups is 1. The highest BCUT2D eigenvalue weighted by Gasteiger charge is 2.33. The van der Waals surface area contributed by atoms with E-state index in [0.717, 1.165) is 18.8 Å². The van der Waals surface area contributed by atoms with E-state index in [2.05, 4.69) is 6.92 Å². The second-order valence-electron chi connectivity index (χ2n) is 5.00. The molecule has 0 heterocycles. The molecule has 1 fully saturated rings. The first-order chi connectivity index (χ1) is 7.12. The zero-order chi connectivity index (χ0) is 11.3. The van der Waals surface area contributed by atoms with Gasteiger partial charge in [-0.3, -0.25) is 0 Å². The van der Waals surface area contributed by atoms with E-state index in [9.17, 15) is 5.11 Å². The maximum absolute atomic E-state index is 10.2. The van der Waals surface area contributed by atoms with Gasteiger partial charge in [-0.2, -0.15) is 0 Å². The van der Waals surface area contributed by atoms with Crippen LogP contribution in [-0.2, 0) is 4.74 Å². The maximum atomic E-state index is 10.2. The molecule has 1 N–H and O–H groups in total. The van der Waals surface area contributed by atoms with E-state index >= 15 is 0 Å². The summed E-state index contributed by atoms with van der Waals surface area (Å²) in [4.78, 5) is 0. The van der Waals surface area contributed by atoms with Gasteiger partial charge in [0.15, 0.2) is 0 Å². The van der Waals surface area contributed by atoms with Crippen LogP contribution in [-0.4, -0.2) is 23.4 Å². The van der Waals surface area contributed by atoms with Gasteiger partial charge in [-0.15, -0.1) is 0 Å². The van der Waals surface area contributed by atoms with Gasteiger partial charge in [0.1, 0.15) is 0 Å². The van der Waals surface area contributed by atoms with E-state index < -0.39 is 0 Å². The minimum atomic E-state index is -0.336. The van der Waals surface area contributed by atoms with Gasteiger partial charge in [0.25, 0.3) is 0 Å². The molecule has 1 aliphatic carbocycles. The Morgan fingerprint density at radius 2 is 1.93 bits per heavy atom. The average molecular weight is 214 g/mol. The normalized spacial score (nSPS) is 24.0. The molecule has 0 spiro atoms. The zero-order valence-corrected chi connectivity index (χ0v) is 10.5. The summed E-state index contributed by atoms with van der Waals surface area (Å²) in [6.07, 6.45) is 6.78. The van der Waals surface area contributed by atoms with E-state index in [1.807, 2.05) is 13.8 Å². The summed E-state index contributed by atoms with van der Waals surface area (Å²) in [5, 5.41) is 10.2. The van der Waals surface area contributed by atoms with Crippen LogP contribution >= 0.6 is 0 Å². The molecular formula is C13H26O2. The monoisotopic (exact) mass is 214 g/mol. The van der Waals surface area contributed by atoms with Gasteiger partial charge in [0.2, 0.25) is 0 Å². The maximum Gasteiger partial charge on any atom is 0.0909 e. The fraction of sp³-hybridized carbons (Fsp3) is 1.00. The molecule has 2 unspecified atom stereocenters. The molecule has 2 nitrogen and oxygen atoms in total. The first kappa shape index (κ1) is 13.0. The highest BCUT2D eigenvalue weighted by molar-refractivity contribution is 4.85. The Hall–Kier alpha value is -0.0800. The predicted molar refractivity (Wildman–Crippen MR) is 62.9 cm³/mol. The van der Waals surface area contributed by atoms with Crippen molar-refractivity contribution in [1.82, 2.24) is 0 Å². The molecule has 2 atom stereocenters. The Bertz CT molecular complexity index is 175. The molecule has 2 heteroatoms. The van der Waals surface area contributed by atoms with Crippen molar-refractivity contribution in [2.24, 2.45) is 5.92 Å². The van der Waals surface area contributed by atoms with Gasteiger partial charge in [0.05, 0.1) is 11.7 Å². The molecule has 0 bridgehead atoms. The lowest BCUT2D eigenvalue weighted by atomic mass is 9.87. The quantitative estimate of drug-likeness (QED) is 0.736. The second-order valence-corrected chi connectivity index (χ2v) is 5.00. The molecule has 0 aromatic carbocycles. The number of hydrogen-bond acceptors (Lipinski definition) is 2. The smallest absolute Gasteiger partial charge is 0.0909 e. The van der Waals surface area contributed by atoms with Crippen LogP contribution in [0, 0.1) is 5.92 Å². The topological polar surface area (TPSA) is 29.5 Å². The van der Waals surface area contributed by atoms with Crippen LogP contribution < -0.4 is 0 Å². The van der Waals surface area contributed by atoms with Gasteiger partial charge >= 0.3 is 0 Å². The van der Waals surface area contributed by atoms with E-state index in [1.165, 1.54) is 25.7 Å². The molecule has 1 aliphatic rings. The summed E-state index contributed by atoms with van der Waals surface area (Å²) in [5.41, 5.74) is -0.336. The highest BCUT2D eigenvalue weighted by Crippen LogP contribution is 2.33. The number of rotatable bonds is 6. The van der Waals surface area contributed by atoms with Crippen molar-refractivity contribution in [3.8, 4) is 0 Å². The summed E-state index contributed by atoms with van der Waals surface area (Å²) in [7, 11) is 0. The molecule has 0 aliphatic heterocycles. The fourth-order valence-corrected chi connectivity index (χ4v) is 2.57. The van der Waals surface area contributed by atoms with Crippen LogP contribution in [0.15, 0.2) is 0 Å². The third-order valence-corrected chi connectivity index (χ3v) is 3.91. The third-order valence-electron chi connectivity index (χ3n) is 3.91. The Labute approximate surface area is 94.0 Å². The lowest BCUT2D eigenvalue weighted by Crippen LogP contribution is -2.42. The Kier molecular flexibility index (Phi) is 5.07. The largest absolute Gasteiger partial charge is 0.390 e. The predicted octanol–water partition coefficient (Wildman–Crippen LogP) is 3.13. The lowest BCUT2D eigenvalue weighted by molar-refractivity contribution is -0.117. The molecule has 0 aromatic heterocycles. The minimum absolute atomic E-state index is 0.300. The molecule has 90 valence electrons. The standard InChI is InChI=1S/C13H26O2/c1-4-13(3,15-5-2)12(14)10-11-8-6-7-9-11/h11-12,14H,4-10H2,1-3H3. The van der Waals surface area contributed by atoms with E-state index in [1.54, 1.807) is 0 Å². The summed E-state index contributed by atoms with van der Waals surface area (Å²) >= 11 is 0. The summed E-state index contributed by atoms with van der Waals surface area (Å²) < 4.78 is 5.70. The van der Waals surface area contributed by atoms with E-state index in [-0.39, 0.29) is 11.7 Å². The second kappa shape index (κ2) is 5.86. The van der Waals surface area contributed by atoms with Crippen molar-refractivity contribution < 1.29 is 9.84 Å². The Morgan fingerprint density at radius 1 is 1.33 bits per heavy atom. The average Bonchev–Trinajstić information content (AvgIpc) is 2.70. The third kappa shape index (κ3) is 3.46.